The molecule has 1 fully saturated rings. The van der Waals surface area contributed by atoms with Crippen molar-refractivity contribution in [1.82, 2.24) is 4.90 Å². The molecule has 0 spiro atoms. The summed E-state index contributed by atoms with van der Waals surface area (Å²) in [6, 6.07) is 19.5. The van der Waals surface area contributed by atoms with Crippen molar-refractivity contribution in [3.05, 3.63) is 94.6 Å². The maximum Gasteiger partial charge on any atom is 0.295 e. The van der Waals surface area contributed by atoms with Gasteiger partial charge in [-0.1, -0.05) is 43.3 Å². The van der Waals surface area contributed by atoms with E-state index in [1.807, 2.05) is 58.0 Å². The summed E-state index contributed by atoms with van der Waals surface area (Å²) in [6.07, 6.45) is 0.646. The highest BCUT2D eigenvalue weighted by molar-refractivity contribution is 6.46. The molecule has 1 atom stereocenters. The first-order valence-corrected chi connectivity index (χ1v) is 13.2. The van der Waals surface area contributed by atoms with Crippen LogP contribution in [0.4, 0.5) is 0 Å². The van der Waals surface area contributed by atoms with Gasteiger partial charge in [0.25, 0.3) is 11.7 Å². The maximum absolute atomic E-state index is 13.3. The van der Waals surface area contributed by atoms with E-state index < -0.39 is 17.7 Å². The number of ketones is 1. The number of carbonyl (C=O) groups excluding carboxylic acids is 2. The minimum Gasteiger partial charge on any atom is -0.507 e. The van der Waals surface area contributed by atoms with Gasteiger partial charge in [0.15, 0.2) is 11.5 Å². The summed E-state index contributed by atoms with van der Waals surface area (Å²) in [6.45, 7) is 8.37. The molecule has 1 aliphatic rings. The molecule has 1 unspecified atom stereocenters. The minimum atomic E-state index is -0.776. The van der Waals surface area contributed by atoms with E-state index in [-0.39, 0.29) is 17.4 Å². The molecule has 0 bridgehead atoms. The zero-order chi connectivity index (χ0) is 28.1. The average molecular weight is 530 g/mol. The van der Waals surface area contributed by atoms with Crippen molar-refractivity contribution < 1.29 is 28.9 Å². The third kappa shape index (κ3) is 5.93. The highest BCUT2D eigenvalue weighted by atomic mass is 16.5. The van der Waals surface area contributed by atoms with Gasteiger partial charge in [-0.3, -0.25) is 9.59 Å². The topological polar surface area (TPSA) is 85.3 Å². The number of nitrogens with zero attached hydrogens (tertiary/aromatic N) is 1. The van der Waals surface area contributed by atoms with Gasteiger partial charge < -0.3 is 24.2 Å². The molecule has 0 radical (unpaired) electrons. The first-order chi connectivity index (χ1) is 18.7. The third-order valence-corrected chi connectivity index (χ3v) is 6.56. The van der Waals surface area contributed by atoms with Crippen LogP contribution in [0.1, 0.15) is 55.5 Å². The van der Waals surface area contributed by atoms with E-state index in [0.29, 0.717) is 47.9 Å². The number of amides is 1. The molecule has 3 aromatic carbocycles. The molecule has 0 aromatic heterocycles. The standard InChI is InChI=1S/C32H35NO6/c1-6-16-33-29(23-12-15-26(37-5)27(18-23)38-19-22-10-8-7-9-11-22)28(31(35)32(33)36)30(34)24-13-14-25(21(4)17-24)39-20(2)3/h7-15,17-18,20,29,34H,6,16,19H2,1-5H3/b30-28-. The molecule has 7 nitrogen and oxygen atoms in total. The number of aliphatic hydroxyl groups is 1. The van der Waals surface area contributed by atoms with Crippen molar-refractivity contribution >= 4 is 17.4 Å². The number of hydrogen-bond acceptors (Lipinski definition) is 6. The fraction of sp³-hybridized carbons (Fsp3) is 0.312. The Bertz CT molecular complexity index is 1380. The number of rotatable bonds is 10. The van der Waals surface area contributed by atoms with E-state index in [4.69, 9.17) is 14.2 Å². The van der Waals surface area contributed by atoms with Crippen molar-refractivity contribution in [2.45, 2.75) is 52.9 Å². The van der Waals surface area contributed by atoms with Gasteiger partial charge >= 0.3 is 0 Å². The Morgan fingerprint density at radius 2 is 1.69 bits per heavy atom. The molecule has 1 aliphatic heterocycles. The Labute approximate surface area is 229 Å². The minimum absolute atomic E-state index is 0.00380. The number of likely N-dealkylation sites (tertiary alicyclic amines) is 1. The molecule has 0 saturated carbocycles. The van der Waals surface area contributed by atoms with Crippen LogP contribution in [0.15, 0.2) is 72.3 Å². The Morgan fingerprint density at radius 3 is 2.33 bits per heavy atom. The average Bonchev–Trinajstić information content (AvgIpc) is 3.18. The zero-order valence-electron chi connectivity index (χ0n) is 23.1. The van der Waals surface area contributed by atoms with Gasteiger partial charge in [0, 0.05) is 12.1 Å². The van der Waals surface area contributed by atoms with Gasteiger partial charge in [0.05, 0.1) is 24.8 Å². The second kappa shape index (κ2) is 12.1. The lowest BCUT2D eigenvalue weighted by atomic mass is 9.94. The van der Waals surface area contributed by atoms with Gasteiger partial charge in [0.2, 0.25) is 0 Å². The fourth-order valence-electron chi connectivity index (χ4n) is 4.75. The molecule has 204 valence electrons. The summed E-state index contributed by atoms with van der Waals surface area (Å²) in [5.74, 6) is 0.125. The molecule has 7 heteroatoms. The number of carbonyl (C=O) groups is 2. The monoisotopic (exact) mass is 529 g/mol. The Kier molecular flexibility index (Phi) is 8.59. The quantitative estimate of drug-likeness (QED) is 0.191. The van der Waals surface area contributed by atoms with Crippen molar-refractivity contribution in [3.63, 3.8) is 0 Å². The van der Waals surface area contributed by atoms with Crippen molar-refractivity contribution in [2.24, 2.45) is 0 Å². The second-order valence-corrected chi connectivity index (χ2v) is 9.82. The molecule has 4 rings (SSSR count). The number of benzene rings is 3. The molecule has 1 amide bonds. The van der Waals surface area contributed by atoms with E-state index in [1.165, 1.54) is 4.90 Å². The van der Waals surface area contributed by atoms with Crippen LogP contribution >= 0.6 is 0 Å². The van der Waals surface area contributed by atoms with Crippen LogP contribution in [0, 0.1) is 6.92 Å². The Balaban J connectivity index is 1.78. The van der Waals surface area contributed by atoms with Gasteiger partial charge in [-0.25, -0.2) is 0 Å². The van der Waals surface area contributed by atoms with Crippen LogP contribution in [0.5, 0.6) is 17.2 Å². The lowest BCUT2D eigenvalue weighted by Crippen LogP contribution is -2.30. The molecule has 39 heavy (non-hydrogen) atoms. The summed E-state index contributed by atoms with van der Waals surface area (Å²) in [4.78, 5) is 28.0. The smallest absolute Gasteiger partial charge is 0.295 e. The molecule has 1 N–H and O–H groups in total. The van der Waals surface area contributed by atoms with Crippen LogP contribution in [0.3, 0.4) is 0 Å². The maximum atomic E-state index is 13.3. The highest BCUT2D eigenvalue weighted by Crippen LogP contribution is 2.42. The number of Topliss-reactive ketones (excluding diaryl/α,β-unsaturated/α-hetero) is 1. The lowest BCUT2D eigenvalue weighted by Gasteiger charge is -2.25. The third-order valence-electron chi connectivity index (χ3n) is 6.56. The van der Waals surface area contributed by atoms with Crippen LogP contribution < -0.4 is 14.2 Å². The number of ether oxygens (including phenoxy) is 3. The van der Waals surface area contributed by atoms with Crippen LogP contribution in [0.25, 0.3) is 5.76 Å². The van der Waals surface area contributed by atoms with Gasteiger partial charge in [0.1, 0.15) is 18.1 Å². The predicted molar refractivity (Wildman–Crippen MR) is 150 cm³/mol. The molecule has 3 aromatic rings. The summed E-state index contributed by atoms with van der Waals surface area (Å²) >= 11 is 0. The normalized spacial score (nSPS) is 16.6. The van der Waals surface area contributed by atoms with Crippen LogP contribution in [0.2, 0.25) is 0 Å². The van der Waals surface area contributed by atoms with Gasteiger partial charge in [-0.15, -0.1) is 0 Å². The lowest BCUT2D eigenvalue weighted by molar-refractivity contribution is -0.139. The van der Waals surface area contributed by atoms with E-state index in [0.717, 1.165) is 11.1 Å². The van der Waals surface area contributed by atoms with E-state index >= 15 is 0 Å². The zero-order valence-corrected chi connectivity index (χ0v) is 23.1. The summed E-state index contributed by atoms with van der Waals surface area (Å²) in [7, 11) is 1.56. The molecular formula is C32H35NO6. The van der Waals surface area contributed by atoms with E-state index in [2.05, 4.69) is 0 Å². The fourth-order valence-corrected chi connectivity index (χ4v) is 4.75. The largest absolute Gasteiger partial charge is 0.507 e. The second-order valence-electron chi connectivity index (χ2n) is 9.82. The van der Waals surface area contributed by atoms with Gasteiger partial charge in [-0.2, -0.15) is 0 Å². The molecular weight excluding hydrogens is 494 g/mol. The number of methoxy groups -OCH3 is 1. The Hall–Kier alpha value is -4.26. The van der Waals surface area contributed by atoms with Crippen LogP contribution in [-0.4, -0.2) is 41.5 Å². The number of aliphatic hydroxyl groups excluding tert-OH is 1. The highest BCUT2D eigenvalue weighted by Gasteiger charge is 2.46. The summed E-state index contributed by atoms with van der Waals surface area (Å²) < 4.78 is 17.4. The first kappa shape index (κ1) is 27.8. The van der Waals surface area contributed by atoms with Gasteiger partial charge in [-0.05, 0) is 74.2 Å². The van der Waals surface area contributed by atoms with Crippen molar-refractivity contribution in [2.75, 3.05) is 13.7 Å². The Morgan fingerprint density at radius 1 is 0.974 bits per heavy atom. The summed E-state index contributed by atoms with van der Waals surface area (Å²) in [5, 5.41) is 11.4. The SMILES string of the molecule is CCCN1C(=O)C(=O)/C(=C(\O)c2ccc(OC(C)C)c(C)c2)C1c1ccc(OC)c(OCc2ccccc2)c1. The number of aryl methyl sites for hydroxylation is 1. The first-order valence-electron chi connectivity index (χ1n) is 13.2. The summed E-state index contributed by atoms with van der Waals surface area (Å²) in [5.41, 5.74) is 2.93. The molecule has 1 heterocycles. The molecule has 1 saturated heterocycles. The van der Waals surface area contributed by atoms with Crippen molar-refractivity contribution in [3.8, 4) is 17.2 Å². The van der Waals surface area contributed by atoms with E-state index in [1.54, 1.807) is 43.5 Å². The van der Waals surface area contributed by atoms with E-state index in [9.17, 15) is 14.7 Å². The molecule has 0 aliphatic carbocycles. The predicted octanol–water partition coefficient (Wildman–Crippen LogP) is 6.20. The van der Waals surface area contributed by atoms with Crippen molar-refractivity contribution in [1.29, 1.82) is 0 Å². The van der Waals surface area contributed by atoms with Crippen LogP contribution in [-0.2, 0) is 16.2 Å². The number of hydrogen-bond donors (Lipinski definition) is 1.